The lowest BCUT2D eigenvalue weighted by molar-refractivity contribution is 0.475. The number of benzene rings is 1. The van der Waals surface area contributed by atoms with Crippen LogP contribution in [0.2, 0.25) is 5.28 Å². The van der Waals surface area contributed by atoms with Crippen molar-refractivity contribution >= 4 is 11.6 Å². The number of hydrogen-bond donors (Lipinski definition) is 1. The van der Waals surface area contributed by atoms with Gasteiger partial charge in [-0.25, -0.2) is 9.97 Å². The van der Waals surface area contributed by atoms with Crippen LogP contribution in [0.25, 0.3) is 11.3 Å². The Labute approximate surface area is 86.0 Å². The quantitative estimate of drug-likeness (QED) is 0.730. The van der Waals surface area contributed by atoms with Crippen molar-refractivity contribution in [3.05, 3.63) is 41.8 Å². The molecule has 3 nitrogen and oxygen atoms in total. The fraction of sp³-hybridized carbons (Fsp3) is 0. The third-order valence-corrected chi connectivity index (χ3v) is 1.95. The van der Waals surface area contributed by atoms with Crippen molar-refractivity contribution in [1.29, 1.82) is 0 Å². The van der Waals surface area contributed by atoms with Crippen LogP contribution in [-0.4, -0.2) is 15.1 Å². The molecule has 0 aliphatic heterocycles. The third kappa shape index (κ3) is 1.83. The minimum atomic E-state index is 0.200. The maximum absolute atomic E-state index is 9.27. The Kier molecular flexibility index (Phi) is 2.33. The number of rotatable bonds is 1. The second-order valence-electron chi connectivity index (χ2n) is 2.76. The molecular weight excluding hydrogens is 200 g/mol. The van der Waals surface area contributed by atoms with Crippen molar-refractivity contribution in [2.45, 2.75) is 0 Å². The number of nitrogens with zero attached hydrogens (tertiary/aromatic N) is 2. The Balaban J connectivity index is 2.49. The van der Waals surface area contributed by atoms with E-state index in [1.165, 1.54) is 0 Å². The van der Waals surface area contributed by atoms with E-state index in [1.807, 2.05) is 6.07 Å². The van der Waals surface area contributed by atoms with Crippen LogP contribution in [0.4, 0.5) is 0 Å². The molecule has 0 radical (unpaired) electrons. The SMILES string of the molecule is Oc1cccc(-c2ccnc(Cl)n2)c1. The molecule has 0 unspecified atom stereocenters. The van der Waals surface area contributed by atoms with E-state index in [0.717, 1.165) is 5.56 Å². The standard InChI is InChI=1S/C10H7ClN2O/c11-10-12-5-4-9(13-10)7-2-1-3-8(14)6-7/h1-6,14H. The Hall–Kier alpha value is -1.61. The number of aromatic hydroxyl groups is 1. The topological polar surface area (TPSA) is 46.0 Å². The Morgan fingerprint density at radius 1 is 1.21 bits per heavy atom. The molecule has 0 amide bonds. The zero-order valence-corrected chi connectivity index (χ0v) is 7.94. The highest BCUT2D eigenvalue weighted by Gasteiger charge is 2.00. The lowest BCUT2D eigenvalue weighted by atomic mass is 10.1. The van der Waals surface area contributed by atoms with E-state index >= 15 is 0 Å². The van der Waals surface area contributed by atoms with Gasteiger partial charge in [0, 0.05) is 11.8 Å². The van der Waals surface area contributed by atoms with Gasteiger partial charge in [-0.15, -0.1) is 0 Å². The summed E-state index contributed by atoms with van der Waals surface area (Å²) >= 11 is 5.65. The van der Waals surface area contributed by atoms with Gasteiger partial charge >= 0.3 is 0 Å². The molecule has 0 saturated heterocycles. The second kappa shape index (κ2) is 3.64. The Bertz CT molecular complexity index is 416. The molecule has 0 aliphatic rings. The van der Waals surface area contributed by atoms with Crippen LogP contribution >= 0.6 is 11.6 Å². The van der Waals surface area contributed by atoms with Crippen LogP contribution in [0.5, 0.6) is 5.75 Å². The first-order valence-electron chi connectivity index (χ1n) is 4.03. The lowest BCUT2D eigenvalue weighted by Crippen LogP contribution is -1.85. The van der Waals surface area contributed by atoms with Gasteiger partial charge in [0.2, 0.25) is 5.28 Å². The molecule has 1 heterocycles. The Morgan fingerprint density at radius 3 is 2.79 bits per heavy atom. The average Bonchev–Trinajstić information content (AvgIpc) is 2.18. The molecule has 1 aromatic carbocycles. The van der Waals surface area contributed by atoms with Crippen molar-refractivity contribution in [2.24, 2.45) is 0 Å². The highest BCUT2D eigenvalue weighted by molar-refractivity contribution is 6.28. The predicted octanol–water partition coefficient (Wildman–Crippen LogP) is 2.50. The molecule has 4 heteroatoms. The zero-order chi connectivity index (χ0) is 9.97. The van der Waals surface area contributed by atoms with Crippen LogP contribution < -0.4 is 0 Å². The fourth-order valence-corrected chi connectivity index (χ4v) is 1.31. The number of aromatic nitrogens is 2. The van der Waals surface area contributed by atoms with Crippen molar-refractivity contribution in [1.82, 2.24) is 9.97 Å². The molecule has 0 fully saturated rings. The highest BCUT2D eigenvalue weighted by Crippen LogP contribution is 2.21. The summed E-state index contributed by atoms with van der Waals surface area (Å²) in [6.45, 7) is 0. The maximum Gasteiger partial charge on any atom is 0.222 e. The molecule has 0 bridgehead atoms. The maximum atomic E-state index is 9.27. The predicted molar refractivity (Wildman–Crippen MR) is 54.1 cm³/mol. The number of phenols is 1. The largest absolute Gasteiger partial charge is 0.508 e. The van der Waals surface area contributed by atoms with Crippen LogP contribution in [0.3, 0.4) is 0 Å². The van der Waals surface area contributed by atoms with Crippen molar-refractivity contribution in [3.8, 4) is 17.0 Å². The first-order chi connectivity index (χ1) is 6.75. The van der Waals surface area contributed by atoms with E-state index in [0.29, 0.717) is 5.69 Å². The first kappa shape index (κ1) is 8.97. The van der Waals surface area contributed by atoms with Gasteiger partial charge in [-0.05, 0) is 29.8 Å². The molecule has 2 rings (SSSR count). The first-order valence-corrected chi connectivity index (χ1v) is 4.41. The summed E-state index contributed by atoms with van der Waals surface area (Å²) in [6.07, 6.45) is 1.58. The highest BCUT2D eigenvalue weighted by atomic mass is 35.5. The van der Waals surface area contributed by atoms with Gasteiger partial charge < -0.3 is 5.11 Å². The summed E-state index contributed by atoms with van der Waals surface area (Å²) in [5.74, 6) is 0.206. The fourth-order valence-electron chi connectivity index (χ4n) is 1.16. The van der Waals surface area contributed by atoms with E-state index < -0.39 is 0 Å². The molecule has 0 atom stereocenters. The van der Waals surface area contributed by atoms with Crippen LogP contribution in [0.15, 0.2) is 36.5 Å². The van der Waals surface area contributed by atoms with Gasteiger partial charge in [0.15, 0.2) is 0 Å². The number of phenolic OH excluding ortho intramolecular Hbond substituents is 1. The minimum Gasteiger partial charge on any atom is -0.508 e. The minimum absolute atomic E-state index is 0.200. The summed E-state index contributed by atoms with van der Waals surface area (Å²) in [5, 5.41) is 9.47. The van der Waals surface area contributed by atoms with Crippen LogP contribution in [-0.2, 0) is 0 Å². The van der Waals surface area contributed by atoms with Crippen LogP contribution in [0, 0.1) is 0 Å². The normalized spacial score (nSPS) is 10.1. The molecule has 0 saturated carbocycles. The third-order valence-electron chi connectivity index (χ3n) is 1.77. The van der Waals surface area contributed by atoms with Gasteiger partial charge in [0.1, 0.15) is 5.75 Å². The monoisotopic (exact) mass is 206 g/mol. The van der Waals surface area contributed by atoms with Crippen LogP contribution in [0.1, 0.15) is 0 Å². The van der Waals surface area contributed by atoms with Crippen molar-refractivity contribution in [3.63, 3.8) is 0 Å². The summed E-state index contributed by atoms with van der Waals surface area (Å²) < 4.78 is 0. The van der Waals surface area contributed by atoms with E-state index in [4.69, 9.17) is 11.6 Å². The summed E-state index contributed by atoms with van der Waals surface area (Å²) in [7, 11) is 0. The molecule has 1 aromatic heterocycles. The Morgan fingerprint density at radius 2 is 2.07 bits per heavy atom. The number of hydrogen-bond acceptors (Lipinski definition) is 3. The molecule has 2 aromatic rings. The summed E-state index contributed by atoms with van der Waals surface area (Å²) in [4.78, 5) is 7.81. The average molecular weight is 207 g/mol. The lowest BCUT2D eigenvalue weighted by Gasteiger charge is -2.00. The van der Waals surface area contributed by atoms with E-state index in [2.05, 4.69) is 9.97 Å². The van der Waals surface area contributed by atoms with Gasteiger partial charge in [0.05, 0.1) is 5.69 Å². The van der Waals surface area contributed by atoms with Crippen molar-refractivity contribution < 1.29 is 5.11 Å². The zero-order valence-electron chi connectivity index (χ0n) is 7.18. The van der Waals surface area contributed by atoms with E-state index in [9.17, 15) is 5.11 Å². The molecular formula is C10H7ClN2O. The molecule has 0 aliphatic carbocycles. The molecule has 1 N–H and O–H groups in total. The van der Waals surface area contributed by atoms with Crippen molar-refractivity contribution in [2.75, 3.05) is 0 Å². The summed E-state index contributed by atoms with van der Waals surface area (Å²) in [5.41, 5.74) is 1.51. The van der Waals surface area contributed by atoms with Gasteiger partial charge in [-0.2, -0.15) is 0 Å². The summed E-state index contributed by atoms with van der Waals surface area (Å²) in [6, 6.07) is 8.56. The second-order valence-corrected chi connectivity index (χ2v) is 3.10. The molecule has 14 heavy (non-hydrogen) atoms. The smallest absolute Gasteiger partial charge is 0.222 e. The molecule has 0 spiro atoms. The number of halogens is 1. The van der Waals surface area contributed by atoms with E-state index in [-0.39, 0.29) is 11.0 Å². The van der Waals surface area contributed by atoms with Gasteiger partial charge in [0.25, 0.3) is 0 Å². The van der Waals surface area contributed by atoms with E-state index in [1.54, 1.807) is 30.5 Å². The molecule has 70 valence electrons. The van der Waals surface area contributed by atoms with Gasteiger partial charge in [-0.3, -0.25) is 0 Å². The van der Waals surface area contributed by atoms with Gasteiger partial charge in [-0.1, -0.05) is 12.1 Å².